The van der Waals surface area contributed by atoms with Gasteiger partial charge in [-0.15, -0.1) is 0 Å². The van der Waals surface area contributed by atoms with E-state index in [1.54, 1.807) is 4.90 Å². The summed E-state index contributed by atoms with van der Waals surface area (Å²) in [4.78, 5) is 35.0. The van der Waals surface area contributed by atoms with E-state index >= 15 is 0 Å². The Morgan fingerprint density at radius 2 is 1.79 bits per heavy atom. The van der Waals surface area contributed by atoms with Crippen LogP contribution in [0.25, 0.3) is 0 Å². The molecule has 0 atom stereocenters. The number of aromatic nitrogens is 2. The Morgan fingerprint density at radius 3 is 2.51 bits per heavy atom. The topological polar surface area (TPSA) is 131 Å². The Hall–Kier alpha value is -4.14. The Balaban J connectivity index is 1.22. The third-order valence-electron chi connectivity index (χ3n) is 7.67. The van der Waals surface area contributed by atoms with Crippen molar-refractivity contribution in [1.29, 1.82) is 0 Å². The zero-order chi connectivity index (χ0) is 27.2. The van der Waals surface area contributed by atoms with Crippen LogP contribution in [-0.2, 0) is 11.2 Å². The second-order valence-electron chi connectivity index (χ2n) is 10.3. The maximum absolute atomic E-state index is 13.5. The molecule has 5 rings (SSSR count). The number of ether oxygens (including phenoxy) is 1. The summed E-state index contributed by atoms with van der Waals surface area (Å²) in [5, 5.41) is 12.3. The second-order valence-corrected chi connectivity index (χ2v) is 10.3. The fourth-order valence-electron chi connectivity index (χ4n) is 5.57. The molecule has 0 saturated heterocycles. The molecule has 1 aromatic heterocycles. The maximum atomic E-state index is 13.5. The van der Waals surface area contributed by atoms with Crippen molar-refractivity contribution >= 4 is 29.3 Å². The third kappa shape index (κ3) is 6.47. The molecular formula is C30H35N5O4. The van der Waals surface area contributed by atoms with Crippen LogP contribution in [-0.4, -0.2) is 46.6 Å². The van der Waals surface area contributed by atoms with Crippen molar-refractivity contribution in [3.05, 3.63) is 71.3 Å². The van der Waals surface area contributed by atoms with Crippen molar-refractivity contribution < 1.29 is 19.4 Å². The molecule has 3 aromatic rings. The Bertz CT molecular complexity index is 1290. The van der Waals surface area contributed by atoms with Gasteiger partial charge in [0.2, 0.25) is 11.8 Å². The zero-order valence-electron chi connectivity index (χ0n) is 22.0. The molecule has 9 heteroatoms. The molecule has 2 aromatic carbocycles. The zero-order valence-corrected chi connectivity index (χ0v) is 22.0. The number of amides is 1. The van der Waals surface area contributed by atoms with Crippen molar-refractivity contribution in [2.75, 3.05) is 35.6 Å². The lowest BCUT2D eigenvalue weighted by atomic mass is 9.77. The summed E-state index contributed by atoms with van der Waals surface area (Å²) in [5.74, 6) is 0.335. The minimum absolute atomic E-state index is 0.0946. The van der Waals surface area contributed by atoms with Crippen molar-refractivity contribution in [2.24, 2.45) is 5.92 Å². The number of anilines is 3. The van der Waals surface area contributed by atoms with Crippen LogP contribution in [0, 0.1) is 5.92 Å². The molecule has 2 aliphatic rings. The van der Waals surface area contributed by atoms with Crippen LogP contribution >= 0.6 is 0 Å². The summed E-state index contributed by atoms with van der Waals surface area (Å²) in [6.45, 7) is 1.33. The van der Waals surface area contributed by atoms with E-state index in [4.69, 9.17) is 15.6 Å². The number of carbonyl (C=O) groups is 2. The number of hydrogen-bond acceptors (Lipinski definition) is 7. The number of carbonyl (C=O) groups excluding carboxylic acids is 1. The summed E-state index contributed by atoms with van der Waals surface area (Å²) in [6.07, 6.45) is 5.92. The van der Waals surface area contributed by atoms with E-state index in [0.717, 1.165) is 44.2 Å². The molecule has 1 aliphatic carbocycles. The van der Waals surface area contributed by atoms with Gasteiger partial charge in [0, 0.05) is 18.7 Å². The number of carboxylic acid groups (broad SMARTS) is 1. The summed E-state index contributed by atoms with van der Waals surface area (Å²) in [7, 11) is 0. The SMILES string of the molecule is Nc1nc(NCCCc2ccccc2)nc2c1C(=O)N(c1ccc([C@H]3CC[C@H](CC(=O)O)CC3)cc1)CCO2. The molecule has 1 fully saturated rings. The number of nitrogens with one attached hydrogen (secondary N) is 1. The maximum Gasteiger partial charge on any atom is 0.303 e. The number of rotatable bonds is 9. The minimum Gasteiger partial charge on any atom is -0.481 e. The number of hydrogen-bond donors (Lipinski definition) is 3. The van der Waals surface area contributed by atoms with Crippen molar-refractivity contribution in [3.63, 3.8) is 0 Å². The summed E-state index contributed by atoms with van der Waals surface area (Å²) < 4.78 is 5.85. The normalized spacial score (nSPS) is 19.1. The highest BCUT2D eigenvalue weighted by molar-refractivity contribution is 6.10. The van der Waals surface area contributed by atoms with E-state index in [9.17, 15) is 9.59 Å². The van der Waals surface area contributed by atoms with Crippen LogP contribution in [0.4, 0.5) is 17.5 Å². The molecule has 0 radical (unpaired) electrons. The van der Waals surface area contributed by atoms with Gasteiger partial charge in [0.25, 0.3) is 5.91 Å². The summed E-state index contributed by atoms with van der Waals surface area (Å²) >= 11 is 0. The molecule has 1 aliphatic heterocycles. The average Bonchev–Trinajstić information content (AvgIpc) is 3.10. The first-order valence-electron chi connectivity index (χ1n) is 13.7. The molecule has 2 heterocycles. The van der Waals surface area contributed by atoms with E-state index in [1.807, 2.05) is 30.3 Å². The van der Waals surface area contributed by atoms with Gasteiger partial charge in [-0.05, 0) is 73.6 Å². The number of fused-ring (bicyclic) bond motifs is 1. The van der Waals surface area contributed by atoms with Gasteiger partial charge in [0.1, 0.15) is 18.0 Å². The molecule has 1 saturated carbocycles. The van der Waals surface area contributed by atoms with Gasteiger partial charge < -0.3 is 25.8 Å². The lowest BCUT2D eigenvalue weighted by Gasteiger charge is -2.28. The van der Waals surface area contributed by atoms with Gasteiger partial charge >= 0.3 is 5.97 Å². The fourth-order valence-corrected chi connectivity index (χ4v) is 5.57. The molecule has 4 N–H and O–H groups in total. The van der Waals surface area contributed by atoms with Crippen molar-refractivity contribution in [3.8, 4) is 5.88 Å². The first-order chi connectivity index (χ1) is 19.0. The summed E-state index contributed by atoms with van der Waals surface area (Å²) in [6, 6.07) is 18.3. The standard InChI is InChI=1S/C30H35N5O4/c31-27-26-28(34-30(33-27)32-16-4-7-20-5-2-1-3-6-20)39-18-17-35(29(26)38)24-14-12-23(13-15-24)22-10-8-21(9-11-22)19-25(36)37/h1-3,5-6,12-15,21-22H,4,7-11,16-19H2,(H,36,37)(H3,31,32,33,34)/t21-,22-. The minimum atomic E-state index is -0.715. The van der Waals surface area contributed by atoms with E-state index in [2.05, 4.69) is 39.6 Å². The van der Waals surface area contributed by atoms with Crippen LogP contribution in [0.2, 0.25) is 0 Å². The molecule has 0 bridgehead atoms. The first-order valence-corrected chi connectivity index (χ1v) is 13.7. The number of nitrogens with zero attached hydrogens (tertiary/aromatic N) is 3. The van der Waals surface area contributed by atoms with Gasteiger partial charge in [-0.25, -0.2) is 0 Å². The Labute approximate surface area is 228 Å². The summed E-state index contributed by atoms with van der Waals surface area (Å²) in [5.41, 5.74) is 9.68. The number of aryl methyl sites for hydroxylation is 1. The Kier molecular flexibility index (Phi) is 8.24. The highest BCUT2D eigenvalue weighted by Crippen LogP contribution is 2.38. The van der Waals surface area contributed by atoms with Gasteiger partial charge in [0.05, 0.1) is 6.54 Å². The molecule has 204 valence electrons. The molecule has 1 amide bonds. The number of aliphatic carboxylic acids is 1. The lowest BCUT2D eigenvalue weighted by Crippen LogP contribution is -2.32. The first kappa shape index (κ1) is 26.5. The molecule has 0 unspecified atom stereocenters. The van der Waals surface area contributed by atoms with E-state index < -0.39 is 5.97 Å². The third-order valence-corrected chi connectivity index (χ3v) is 7.67. The number of nitrogen functional groups attached to an aromatic ring is 1. The second kappa shape index (κ2) is 12.1. The molecule has 39 heavy (non-hydrogen) atoms. The smallest absolute Gasteiger partial charge is 0.303 e. The molecule has 9 nitrogen and oxygen atoms in total. The van der Waals surface area contributed by atoms with Crippen LogP contribution in [0.5, 0.6) is 5.88 Å². The van der Waals surface area contributed by atoms with Gasteiger partial charge in [-0.1, -0.05) is 42.5 Å². The predicted octanol–water partition coefficient (Wildman–Crippen LogP) is 4.89. The van der Waals surface area contributed by atoms with Gasteiger partial charge in [-0.2, -0.15) is 9.97 Å². The van der Waals surface area contributed by atoms with Crippen molar-refractivity contribution in [2.45, 2.75) is 50.9 Å². The van der Waals surface area contributed by atoms with Gasteiger partial charge in [-0.3, -0.25) is 9.59 Å². The quantitative estimate of drug-likeness (QED) is 0.334. The predicted molar refractivity (Wildman–Crippen MR) is 150 cm³/mol. The van der Waals surface area contributed by atoms with E-state index in [0.29, 0.717) is 25.0 Å². The lowest BCUT2D eigenvalue weighted by molar-refractivity contribution is -0.138. The highest BCUT2D eigenvalue weighted by atomic mass is 16.5. The van der Waals surface area contributed by atoms with Gasteiger partial charge in [0.15, 0.2) is 0 Å². The van der Waals surface area contributed by atoms with Crippen LogP contribution in [0.3, 0.4) is 0 Å². The fraction of sp³-hybridized carbons (Fsp3) is 0.400. The monoisotopic (exact) mass is 529 g/mol. The number of carboxylic acids is 1. The van der Waals surface area contributed by atoms with Crippen LogP contribution in [0.1, 0.15) is 65.9 Å². The molecule has 0 spiro atoms. The van der Waals surface area contributed by atoms with Crippen LogP contribution < -0.4 is 20.7 Å². The largest absolute Gasteiger partial charge is 0.481 e. The number of benzene rings is 2. The van der Waals surface area contributed by atoms with Crippen LogP contribution in [0.15, 0.2) is 54.6 Å². The highest BCUT2D eigenvalue weighted by Gasteiger charge is 2.30. The van der Waals surface area contributed by atoms with Crippen molar-refractivity contribution in [1.82, 2.24) is 9.97 Å². The Morgan fingerprint density at radius 1 is 1.05 bits per heavy atom. The molecular weight excluding hydrogens is 494 g/mol. The van der Waals surface area contributed by atoms with E-state index in [1.165, 1.54) is 11.1 Å². The number of nitrogens with two attached hydrogens (primary N) is 1. The average molecular weight is 530 g/mol. The van der Waals surface area contributed by atoms with E-state index in [-0.39, 0.29) is 42.1 Å².